The lowest BCUT2D eigenvalue weighted by Crippen LogP contribution is -2.27. The third kappa shape index (κ3) is 4.81. The Balaban J connectivity index is 1.73. The number of carbonyl (C=O) groups excluding carboxylic acids is 1. The summed E-state index contributed by atoms with van der Waals surface area (Å²) in [4.78, 5) is 23.1. The van der Waals surface area contributed by atoms with Crippen LogP contribution in [0.1, 0.15) is 81.8 Å². The molecule has 2 aliphatic rings. The third-order valence-corrected chi connectivity index (χ3v) is 6.61. The molecular formula is C21H34N4O3. The predicted octanol–water partition coefficient (Wildman–Crippen LogP) is 2.19. The maximum absolute atomic E-state index is 11.8. The van der Waals surface area contributed by atoms with E-state index in [0.717, 1.165) is 51.5 Å². The van der Waals surface area contributed by atoms with Gasteiger partial charge in [-0.15, -0.1) is 0 Å². The van der Waals surface area contributed by atoms with E-state index in [1.165, 1.54) is 0 Å². The van der Waals surface area contributed by atoms with Crippen LogP contribution >= 0.6 is 0 Å². The second-order valence-electron chi connectivity index (χ2n) is 9.22. The highest BCUT2D eigenvalue weighted by atomic mass is 16.3. The lowest BCUT2D eigenvalue weighted by molar-refractivity contribution is 0.0427. The van der Waals surface area contributed by atoms with E-state index in [4.69, 9.17) is 10.7 Å². The molecule has 28 heavy (non-hydrogen) atoms. The van der Waals surface area contributed by atoms with Crippen LogP contribution in [0, 0.1) is 5.92 Å². The standard InChI is InChI=1S/C21H34N4O3/c1-4-21(3,28)9-8-20(2)13-25(20)19-23-12-16(18(22)27)17(24-19)11-14-6-5-7-15(26)10-14/h12,14-15,26,28H,4-11,13H2,1-3H3,(H2,22,27)/t14-,15+,20?,21?,25?/m1/s1. The fourth-order valence-electron chi connectivity index (χ4n) is 4.17. The van der Waals surface area contributed by atoms with Gasteiger partial charge < -0.3 is 20.8 Å². The Bertz CT molecular complexity index is 724. The Morgan fingerprint density at radius 1 is 1.46 bits per heavy atom. The number of carbonyl (C=O) groups is 1. The molecule has 1 aromatic heterocycles. The van der Waals surface area contributed by atoms with Crippen molar-refractivity contribution in [2.45, 2.75) is 89.4 Å². The summed E-state index contributed by atoms with van der Waals surface area (Å²) in [6, 6.07) is 0. The van der Waals surface area contributed by atoms with Crippen LogP contribution in [0.2, 0.25) is 0 Å². The molecule has 2 fully saturated rings. The van der Waals surface area contributed by atoms with Crippen molar-refractivity contribution in [1.29, 1.82) is 0 Å². The van der Waals surface area contributed by atoms with E-state index in [1.54, 1.807) is 6.20 Å². The van der Waals surface area contributed by atoms with E-state index in [9.17, 15) is 15.0 Å². The number of aliphatic hydroxyl groups excluding tert-OH is 1. The van der Waals surface area contributed by atoms with Crippen LogP contribution < -0.4 is 10.6 Å². The zero-order valence-electron chi connectivity index (χ0n) is 17.3. The first kappa shape index (κ1) is 21.0. The van der Waals surface area contributed by atoms with Gasteiger partial charge in [-0.3, -0.25) is 4.79 Å². The van der Waals surface area contributed by atoms with Crippen molar-refractivity contribution in [1.82, 2.24) is 9.97 Å². The first-order chi connectivity index (χ1) is 13.1. The van der Waals surface area contributed by atoms with Crippen molar-refractivity contribution in [3.05, 3.63) is 17.5 Å². The molecule has 0 radical (unpaired) electrons. The molecule has 2 heterocycles. The first-order valence-corrected chi connectivity index (χ1v) is 10.5. The smallest absolute Gasteiger partial charge is 0.252 e. The number of aromatic nitrogens is 2. The average molecular weight is 391 g/mol. The van der Waals surface area contributed by atoms with E-state index >= 15 is 0 Å². The Hall–Kier alpha value is -1.73. The second kappa shape index (κ2) is 7.95. The Morgan fingerprint density at radius 2 is 2.21 bits per heavy atom. The number of amides is 1. The molecule has 1 amide bonds. The molecule has 1 aliphatic carbocycles. The van der Waals surface area contributed by atoms with Gasteiger partial charge in [0, 0.05) is 12.7 Å². The molecule has 0 spiro atoms. The van der Waals surface area contributed by atoms with Crippen LogP contribution in [0.5, 0.6) is 0 Å². The van der Waals surface area contributed by atoms with E-state index < -0.39 is 11.5 Å². The number of hydrogen-bond donors (Lipinski definition) is 3. The molecule has 3 rings (SSSR count). The van der Waals surface area contributed by atoms with Gasteiger partial charge >= 0.3 is 0 Å². The monoisotopic (exact) mass is 390 g/mol. The lowest BCUT2D eigenvalue weighted by atomic mass is 9.84. The lowest BCUT2D eigenvalue weighted by Gasteiger charge is -2.26. The molecule has 1 aromatic rings. The van der Waals surface area contributed by atoms with Gasteiger partial charge in [-0.25, -0.2) is 9.97 Å². The minimum Gasteiger partial charge on any atom is -0.393 e. The Kier molecular flexibility index (Phi) is 5.96. The molecule has 4 atom stereocenters. The van der Waals surface area contributed by atoms with Crippen molar-refractivity contribution in [3.8, 4) is 0 Å². The van der Waals surface area contributed by atoms with Crippen molar-refractivity contribution in [2.24, 2.45) is 11.7 Å². The van der Waals surface area contributed by atoms with Crippen LogP contribution in [-0.2, 0) is 6.42 Å². The molecule has 4 N–H and O–H groups in total. The number of nitrogens with two attached hydrogens (primary N) is 1. The van der Waals surface area contributed by atoms with E-state index in [-0.39, 0.29) is 11.6 Å². The van der Waals surface area contributed by atoms with Gasteiger partial charge in [0.15, 0.2) is 0 Å². The average Bonchev–Trinajstić information content (AvgIpc) is 3.32. The first-order valence-electron chi connectivity index (χ1n) is 10.5. The van der Waals surface area contributed by atoms with Gasteiger partial charge in [0.1, 0.15) is 0 Å². The number of anilines is 1. The largest absolute Gasteiger partial charge is 0.393 e. The van der Waals surface area contributed by atoms with Gasteiger partial charge in [-0.2, -0.15) is 0 Å². The summed E-state index contributed by atoms with van der Waals surface area (Å²) in [5.74, 6) is 0.422. The maximum Gasteiger partial charge on any atom is 0.252 e. The minimum absolute atomic E-state index is 0.0638. The van der Waals surface area contributed by atoms with Gasteiger partial charge in [0.25, 0.3) is 5.91 Å². The second-order valence-corrected chi connectivity index (χ2v) is 9.22. The summed E-state index contributed by atoms with van der Waals surface area (Å²) in [5.41, 5.74) is 5.89. The summed E-state index contributed by atoms with van der Waals surface area (Å²) in [7, 11) is 0. The molecule has 0 bridgehead atoms. The van der Waals surface area contributed by atoms with Gasteiger partial charge in [-0.05, 0) is 64.7 Å². The topological polar surface area (TPSA) is 112 Å². The van der Waals surface area contributed by atoms with Crippen LogP contribution in [0.4, 0.5) is 5.95 Å². The number of primary amides is 1. The number of aliphatic hydroxyl groups is 2. The number of hydrogen-bond acceptors (Lipinski definition) is 6. The number of nitrogens with zero attached hydrogens (tertiary/aromatic N) is 3. The highest BCUT2D eigenvalue weighted by molar-refractivity contribution is 5.93. The molecule has 7 nitrogen and oxygen atoms in total. The zero-order chi connectivity index (χ0) is 20.5. The molecule has 1 saturated heterocycles. The van der Waals surface area contributed by atoms with Crippen LogP contribution in [0.15, 0.2) is 6.20 Å². The summed E-state index contributed by atoms with van der Waals surface area (Å²) in [5, 5.41) is 20.2. The molecule has 2 unspecified atom stereocenters. The molecular weight excluding hydrogens is 356 g/mol. The van der Waals surface area contributed by atoms with Crippen LogP contribution in [0.3, 0.4) is 0 Å². The van der Waals surface area contributed by atoms with Crippen molar-refractivity contribution >= 4 is 11.9 Å². The van der Waals surface area contributed by atoms with Crippen LogP contribution in [-0.4, -0.2) is 49.9 Å². The summed E-state index contributed by atoms with van der Waals surface area (Å²) < 4.78 is 0. The van der Waals surface area contributed by atoms with E-state index in [1.807, 2.05) is 13.8 Å². The summed E-state index contributed by atoms with van der Waals surface area (Å²) >= 11 is 0. The minimum atomic E-state index is -0.652. The highest BCUT2D eigenvalue weighted by Crippen LogP contribution is 2.41. The summed E-state index contributed by atoms with van der Waals surface area (Å²) in [6.45, 7) is 6.86. The molecule has 7 heteroatoms. The fraction of sp³-hybridized carbons (Fsp3) is 0.762. The quantitative estimate of drug-likeness (QED) is 0.587. The predicted molar refractivity (Wildman–Crippen MR) is 108 cm³/mol. The van der Waals surface area contributed by atoms with Gasteiger partial charge in [-0.1, -0.05) is 13.3 Å². The maximum atomic E-state index is 11.8. The van der Waals surface area contributed by atoms with Crippen molar-refractivity contribution < 1.29 is 15.0 Å². The van der Waals surface area contributed by atoms with Gasteiger partial charge in [0.05, 0.1) is 28.5 Å². The van der Waals surface area contributed by atoms with E-state index in [2.05, 4.69) is 16.8 Å². The SMILES string of the molecule is CCC(C)(O)CCC1(C)CN1c1ncc(C(N)=O)c(C[C@@H]2CCC[C@H](O)C2)n1. The molecule has 1 saturated carbocycles. The van der Waals surface area contributed by atoms with Crippen molar-refractivity contribution in [2.75, 3.05) is 11.4 Å². The van der Waals surface area contributed by atoms with Gasteiger partial charge in [0.2, 0.25) is 5.95 Å². The fourth-order valence-corrected chi connectivity index (χ4v) is 4.17. The molecule has 1 aliphatic heterocycles. The highest BCUT2D eigenvalue weighted by Gasteiger charge is 2.49. The normalized spacial score (nSPS) is 29.4. The Morgan fingerprint density at radius 3 is 2.86 bits per heavy atom. The van der Waals surface area contributed by atoms with Crippen LogP contribution in [0.25, 0.3) is 0 Å². The van der Waals surface area contributed by atoms with Crippen molar-refractivity contribution in [3.63, 3.8) is 0 Å². The molecule has 0 aromatic carbocycles. The molecule has 156 valence electrons. The van der Waals surface area contributed by atoms with E-state index in [0.29, 0.717) is 29.5 Å². The number of rotatable bonds is 8. The third-order valence-electron chi connectivity index (χ3n) is 6.61. The zero-order valence-corrected chi connectivity index (χ0v) is 17.3. The summed E-state index contributed by atoms with van der Waals surface area (Å²) in [6.07, 6.45) is 7.84. The Labute approximate surface area is 167 Å².